The Hall–Kier alpha value is -3.85. The number of nitrogens with zero attached hydrogens (tertiary/aromatic N) is 4. The zero-order chi connectivity index (χ0) is 22.8. The summed E-state index contributed by atoms with van der Waals surface area (Å²) in [6.07, 6.45) is 1.54. The highest BCUT2D eigenvalue weighted by molar-refractivity contribution is 5.92. The second-order valence-corrected chi connectivity index (χ2v) is 8.47. The first-order valence-corrected chi connectivity index (χ1v) is 10.8. The molecule has 4 rings (SSSR count). The van der Waals surface area contributed by atoms with E-state index in [9.17, 15) is 4.79 Å². The smallest absolute Gasteiger partial charge is 0.250 e. The number of amides is 1. The molecule has 3 aromatic rings. The molecule has 162 valence electrons. The van der Waals surface area contributed by atoms with Crippen LogP contribution in [-0.4, -0.2) is 36.1 Å². The topological polar surface area (TPSA) is 86.3 Å². The fraction of sp³-hybridized carbons (Fsp3) is 0.269. The summed E-state index contributed by atoms with van der Waals surface area (Å²) in [7, 11) is 0. The van der Waals surface area contributed by atoms with E-state index in [4.69, 9.17) is 11.0 Å². The van der Waals surface area contributed by atoms with Crippen molar-refractivity contribution in [1.82, 2.24) is 4.98 Å². The van der Waals surface area contributed by atoms with Crippen LogP contribution in [0, 0.1) is 18.3 Å². The van der Waals surface area contributed by atoms with Crippen LogP contribution in [0.2, 0.25) is 0 Å². The molecule has 2 N–H and O–H groups in total. The Bertz CT molecular complexity index is 1170. The minimum Gasteiger partial charge on any atom is -0.366 e. The predicted molar refractivity (Wildman–Crippen MR) is 128 cm³/mol. The first-order valence-electron chi connectivity index (χ1n) is 10.8. The van der Waals surface area contributed by atoms with Gasteiger partial charge in [-0.05, 0) is 73.9 Å². The van der Waals surface area contributed by atoms with E-state index < -0.39 is 5.91 Å². The maximum atomic E-state index is 11.3. The Morgan fingerprint density at radius 3 is 2.44 bits per heavy atom. The maximum Gasteiger partial charge on any atom is 0.250 e. The lowest BCUT2D eigenvalue weighted by Gasteiger charge is -2.46. The maximum absolute atomic E-state index is 11.3. The van der Waals surface area contributed by atoms with Crippen LogP contribution >= 0.6 is 0 Å². The Morgan fingerprint density at radius 2 is 1.84 bits per heavy atom. The van der Waals surface area contributed by atoms with Gasteiger partial charge >= 0.3 is 0 Å². The SMILES string of the molecule is Cc1cc(C#N)ccc1-c1cccc(N2C(C)CN(c3ccc(C(N)=O)cn3)CC2C)c1. The third-order valence-corrected chi connectivity index (χ3v) is 6.09. The first-order chi connectivity index (χ1) is 15.4. The van der Waals surface area contributed by atoms with Gasteiger partial charge in [0, 0.05) is 37.1 Å². The lowest BCUT2D eigenvalue weighted by Crippen LogP contribution is -2.57. The lowest BCUT2D eigenvalue weighted by atomic mass is 9.97. The van der Waals surface area contributed by atoms with Gasteiger partial charge in [-0.15, -0.1) is 0 Å². The quantitative estimate of drug-likeness (QED) is 0.679. The molecule has 6 heteroatoms. The molecule has 0 radical (unpaired) electrons. The van der Waals surface area contributed by atoms with Crippen molar-refractivity contribution < 1.29 is 4.79 Å². The lowest BCUT2D eigenvalue weighted by molar-refractivity contribution is 0.1000. The Labute approximate surface area is 188 Å². The van der Waals surface area contributed by atoms with Gasteiger partial charge in [0.25, 0.3) is 0 Å². The van der Waals surface area contributed by atoms with Crippen LogP contribution in [0.1, 0.15) is 35.3 Å². The van der Waals surface area contributed by atoms with E-state index in [-0.39, 0.29) is 12.1 Å². The molecular formula is C26H27N5O. The van der Waals surface area contributed by atoms with Crippen molar-refractivity contribution in [1.29, 1.82) is 5.26 Å². The summed E-state index contributed by atoms with van der Waals surface area (Å²) in [6.45, 7) is 8.14. The van der Waals surface area contributed by atoms with Gasteiger partial charge < -0.3 is 15.5 Å². The van der Waals surface area contributed by atoms with E-state index in [0.29, 0.717) is 11.1 Å². The van der Waals surface area contributed by atoms with Crippen LogP contribution in [-0.2, 0) is 0 Å². The number of hydrogen-bond donors (Lipinski definition) is 1. The number of benzene rings is 2. The number of aromatic nitrogens is 1. The van der Waals surface area contributed by atoms with E-state index in [0.717, 1.165) is 35.6 Å². The minimum atomic E-state index is -0.465. The molecule has 1 aromatic heterocycles. The molecule has 6 nitrogen and oxygen atoms in total. The summed E-state index contributed by atoms with van der Waals surface area (Å²) in [5.74, 6) is 0.392. The zero-order valence-electron chi connectivity index (χ0n) is 18.6. The molecule has 1 aliphatic rings. The van der Waals surface area contributed by atoms with Crippen molar-refractivity contribution in [3.63, 3.8) is 0 Å². The van der Waals surface area contributed by atoms with E-state index in [1.807, 2.05) is 31.2 Å². The zero-order valence-corrected chi connectivity index (χ0v) is 18.6. The van der Waals surface area contributed by atoms with Gasteiger partial charge in [-0.25, -0.2) is 4.98 Å². The van der Waals surface area contributed by atoms with Crippen LogP contribution in [0.5, 0.6) is 0 Å². The highest BCUT2D eigenvalue weighted by atomic mass is 16.1. The molecular weight excluding hydrogens is 398 g/mol. The number of nitrogens with two attached hydrogens (primary N) is 1. The number of primary amides is 1. The van der Waals surface area contributed by atoms with Crippen LogP contribution in [0.4, 0.5) is 11.5 Å². The fourth-order valence-electron chi connectivity index (χ4n) is 4.63. The number of pyridine rings is 1. The molecule has 1 fully saturated rings. The molecule has 2 heterocycles. The normalized spacial score (nSPS) is 18.3. The van der Waals surface area contributed by atoms with Crippen molar-refractivity contribution in [3.05, 3.63) is 77.5 Å². The van der Waals surface area contributed by atoms with Gasteiger partial charge in [0.2, 0.25) is 5.91 Å². The van der Waals surface area contributed by atoms with Gasteiger partial charge in [0.05, 0.1) is 17.2 Å². The molecule has 1 amide bonds. The van der Waals surface area contributed by atoms with Gasteiger partial charge in [-0.2, -0.15) is 5.26 Å². The largest absolute Gasteiger partial charge is 0.366 e. The number of nitriles is 1. The summed E-state index contributed by atoms with van der Waals surface area (Å²) in [5, 5.41) is 9.15. The minimum absolute atomic E-state index is 0.272. The fourth-order valence-corrected chi connectivity index (χ4v) is 4.63. The van der Waals surface area contributed by atoms with Gasteiger partial charge in [-0.1, -0.05) is 18.2 Å². The van der Waals surface area contributed by atoms with Crippen LogP contribution in [0.25, 0.3) is 11.1 Å². The molecule has 0 spiro atoms. The Balaban J connectivity index is 1.57. The highest BCUT2D eigenvalue weighted by Crippen LogP contribution is 2.32. The number of hydrogen-bond acceptors (Lipinski definition) is 5. The van der Waals surface area contributed by atoms with Gasteiger partial charge in [0.1, 0.15) is 5.82 Å². The molecule has 0 saturated carbocycles. The molecule has 0 bridgehead atoms. The second kappa shape index (κ2) is 8.72. The van der Waals surface area contributed by atoms with Crippen molar-refractivity contribution in [2.75, 3.05) is 22.9 Å². The molecule has 2 aromatic carbocycles. The molecule has 2 atom stereocenters. The average molecular weight is 426 g/mol. The first kappa shape index (κ1) is 21.4. The average Bonchev–Trinajstić information content (AvgIpc) is 2.78. The van der Waals surface area contributed by atoms with Crippen LogP contribution < -0.4 is 15.5 Å². The highest BCUT2D eigenvalue weighted by Gasteiger charge is 2.30. The standard InChI is InChI=1S/C26H27N5O/c1-17-11-20(13-27)7-9-24(17)21-5-4-6-23(12-21)31-18(2)15-30(16-19(31)3)25-10-8-22(14-29-25)26(28)32/h4-12,14,18-19H,15-16H2,1-3H3,(H2,28,32). The number of anilines is 2. The summed E-state index contributed by atoms with van der Waals surface area (Å²) in [6, 6.07) is 20.8. The van der Waals surface area contributed by atoms with Gasteiger partial charge in [0.15, 0.2) is 0 Å². The Morgan fingerprint density at radius 1 is 1.09 bits per heavy atom. The van der Waals surface area contributed by atoms with E-state index in [1.54, 1.807) is 12.3 Å². The van der Waals surface area contributed by atoms with Crippen molar-refractivity contribution in [2.45, 2.75) is 32.9 Å². The third kappa shape index (κ3) is 4.15. The number of rotatable bonds is 4. The Kier molecular flexibility index (Phi) is 5.83. The van der Waals surface area contributed by atoms with Gasteiger partial charge in [-0.3, -0.25) is 4.79 Å². The third-order valence-electron chi connectivity index (χ3n) is 6.09. The summed E-state index contributed by atoms with van der Waals surface area (Å²) >= 11 is 0. The molecule has 2 unspecified atom stereocenters. The van der Waals surface area contributed by atoms with Crippen molar-refractivity contribution in [2.24, 2.45) is 5.73 Å². The van der Waals surface area contributed by atoms with Crippen LogP contribution in [0.3, 0.4) is 0 Å². The number of carbonyl (C=O) groups is 1. The second-order valence-electron chi connectivity index (χ2n) is 8.47. The number of piperazine rings is 1. The van der Waals surface area contributed by atoms with Crippen molar-refractivity contribution in [3.8, 4) is 17.2 Å². The number of aryl methyl sites for hydroxylation is 1. The van der Waals surface area contributed by atoms with Crippen molar-refractivity contribution >= 4 is 17.4 Å². The summed E-state index contributed by atoms with van der Waals surface area (Å²) < 4.78 is 0. The monoisotopic (exact) mass is 425 g/mol. The predicted octanol–water partition coefficient (Wildman–Crippen LogP) is 4.13. The molecule has 1 aliphatic heterocycles. The molecule has 1 saturated heterocycles. The van der Waals surface area contributed by atoms with E-state index in [2.05, 4.69) is 59.0 Å². The molecule has 32 heavy (non-hydrogen) atoms. The molecule has 0 aliphatic carbocycles. The van der Waals surface area contributed by atoms with E-state index >= 15 is 0 Å². The summed E-state index contributed by atoms with van der Waals surface area (Å²) in [5.41, 5.74) is 11.0. The van der Waals surface area contributed by atoms with E-state index in [1.165, 1.54) is 5.69 Å². The number of carbonyl (C=O) groups excluding carboxylic acids is 1. The summed E-state index contributed by atoms with van der Waals surface area (Å²) in [4.78, 5) is 20.5. The van der Waals surface area contributed by atoms with Crippen LogP contribution in [0.15, 0.2) is 60.8 Å².